The molecule has 0 spiro atoms. The van der Waals surface area contributed by atoms with Crippen molar-refractivity contribution >= 4 is 38.2 Å². The lowest BCUT2D eigenvalue weighted by Gasteiger charge is -2.19. The summed E-state index contributed by atoms with van der Waals surface area (Å²) in [5.41, 5.74) is 0.857. The molecule has 0 unspecified atom stereocenters. The van der Waals surface area contributed by atoms with E-state index < -0.39 is 21.5 Å². The number of benzene rings is 1. The molecule has 1 aromatic carbocycles. The van der Waals surface area contributed by atoms with Crippen molar-refractivity contribution in [2.45, 2.75) is 30.7 Å². The van der Waals surface area contributed by atoms with Crippen LogP contribution >= 0.6 is 11.3 Å². The van der Waals surface area contributed by atoms with Crippen molar-refractivity contribution in [1.29, 1.82) is 0 Å². The molecule has 2 aromatic heterocycles. The third-order valence-corrected chi connectivity index (χ3v) is 5.89. The molecule has 7 nitrogen and oxygen atoms in total. The maximum absolute atomic E-state index is 12.3. The van der Waals surface area contributed by atoms with E-state index in [1.54, 1.807) is 24.4 Å². The number of carbonyl (C=O) groups excluding carboxylic acids is 1. The van der Waals surface area contributed by atoms with E-state index in [4.69, 9.17) is 4.74 Å². The third-order valence-electron chi connectivity index (χ3n) is 3.25. The zero-order valence-corrected chi connectivity index (χ0v) is 15.8. The Bertz CT molecular complexity index is 1060. The van der Waals surface area contributed by atoms with Crippen molar-refractivity contribution in [3.63, 3.8) is 0 Å². The Balaban J connectivity index is 1.97. The summed E-state index contributed by atoms with van der Waals surface area (Å²) in [4.78, 5) is 12.3. The highest BCUT2D eigenvalue weighted by Crippen LogP contribution is 2.29. The Morgan fingerprint density at radius 3 is 2.52 bits per heavy atom. The maximum Gasteiger partial charge on any atom is 0.418 e. The van der Waals surface area contributed by atoms with Crippen LogP contribution in [0.3, 0.4) is 0 Å². The molecule has 3 aromatic rings. The fraction of sp³-hybridized carbons (Fsp3) is 0.312. The minimum Gasteiger partial charge on any atom is -0.443 e. The van der Waals surface area contributed by atoms with E-state index >= 15 is 0 Å². The van der Waals surface area contributed by atoms with Gasteiger partial charge in [-0.1, -0.05) is 11.3 Å². The summed E-state index contributed by atoms with van der Waals surface area (Å²) in [6.07, 6.45) is 2.29. The molecule has 0 N–H and O–H groups in total. The minimum absolute atomic E-state index is 0.0195. The molecule has 0 amide bonds. The molecule has 2 heterocycles. The highest BCUT2D eigenvalue weighted by Gasteiger charge is 2.20. The fourth-order valence-electron chi connectivity index (χ4n) is 2.22. The Labute approximate surface area is 149 Å². The highest BCUT2D eigenvalue weighted by atomic mass is 32.2. The van der Waals surface area contributed by atoms with Gasteiger partial charge in [-0.05, 0) is 45.0 Å². The second-order valence-electron chi connectivity index (χ2n) is 6.58. The van der Waals surface area contributed by atoms with Gasteiger partial charge in [0.1, 0.15) is 10.6 Å². The molecule has 3 rings (SSSR count). The first-order chi connectivity index (χ1) is 11.5. The SMILES string of the molecule is CC(C)(C)OC(=O)n1ccc2cc(-c3nnc(S(C)(=O)=O)s3)ccc21. The molecule has 9 heteroatoms. The van der Waals surface area contributed by atoms with Crippen LogP contribution in [-0.4, -0.2) is 41.1 Å². The number of rotatable bonds is 2. The van der Waals surface area contributed by atoms with E-state index in [-0.39, 0.29) is 4.34 Å². The molecule has 0 bridgehead atoms. The fourth-order valence-corrected chi connectivity index (χ4v) is 3.83. The van der Waals surface area contributed by atoms with Crippen LogP contribution in [0.25, 0.3) is 21.5 Å². The van der Waals surface area contributed by atoms with Crippen LogP contribution < -0.4 is 0 Å². The van der Waals surface area contributed by atoms with Gasteiger partial charge in [-0.2, -0.15) is 0 Å². The van der Waals surface area contributed by atoms with E-state index in [0.29, 0.717) is 10.5 Å². The van der Waals surface area contributed by atoms with Crippen molar-refractivity contribution < 1.29 is 17.9 Å². The Kier molecular flexibility index (Phi) is 4.16. The number of fused-ring (bicyclic) bond motifs is 1. The first kappa shape index (κ1) is 17.6. The van der Waals surface area contributed by atoms with Gasteiger partial charge in [0, 0.05) is 23.4 Å². The molecule has 0 radical (unpaired) electrons. The molecule has 0 saturated heterocycles. The summed E-state index contributed by atoms with van der Waals surface area (Å²) in [5, 5.41) is 8.99. The lowest BCUT2D eigenvalue weighted by Crippen LogP contribution is -2.26. The van der Waals surface area contributed by atoms with Crippen LogP contribution in [0.4, 0.5) is 4.79 Å². The van der Waals surface area contributed by atoms with Crippen molar-refractivity contribution in [3.8, 4) is 10.6 Å². The molecule has 25 heavy (non-hydrogen) atoms. The molecule has 0 aliphatic carbocycles. The molecule has 0 aliphatic rings. The zero-order chi connectivity index (χ0) is 18.4. The average Bonchev–Trinajstić information content (AvgIpc) is 3.11. The van der Waals surface area contributed by atoms with E-state index in [1.807, 2.05) is 26.8 Å². The first-order valence-corrected chi connectivity index (χ1v) is 10.1. The number of sulfone groups is 1. The number of carbonyl (C=O) groups is 1. The van der Waals surface area contributed by atoms with Crippen LogP contribution in [0, 0.1) is 0 Å². The predicted molar refractivity (Wildman–Crippen MR) is 95.6 cm³/mol. The Hall–Kier alpha value is -2.26. The second kappa shape index (κ2) is 5.92. The van der Waals surface area contributed by atoms with E-state index in [0.717, 1.165) is 28.5 Å². The van der Waals surface area contributed by atoms with Gasteiger partial charge in [0.2, 0.25) is 14.2 Å². The van der Waals surface area contributed by atoms with Crippen molar-refractivity contribution in [2.24, 2.45) is 0 Å². The number of hydrogen-bond acceptors (Lipinski definition) is 7. The van der Waals surface area contributed by atoms with Gasteiger partial charge >= 0.3 is 6.09 Å². The van der Waals surface area contributed by atoms with Crippen molar-refractivity contribution in [2.75, 3.05) is 6.26 Å². The standard InChI is InChI=1S/C16H17N3O4S2/c1-16(2,3)23-15(20)19-8-7-10-9-11(5-6-12(10)19)13-17-18-14(24-13)25(4,21)22/h5-9H,1-4H3. The predicted octanol–water partition coefficient (Wildman–Crippen LogP) is 3.35. The number of ether oxygens (including phenoxy) is 1. The van der Waals surface area contributed by atoms with Crippen LogP contribution in [0.5, 0.6) is 0 Å². The van der Waals surface area contributed by atoms with E-state index in [1.165, 1.54) is 4.57 Å². The number of nitrogens with zero attached hydrogens (tertiary/aromatic N) is 3. The average molecular weight is 379 g/mol. The largest absolute Gasteiger partial charge is 0.443 e. The first-order valence-electron chi connectivity index (χ1n) is 7.43. The minimum atomic E-state index is -3.38. The van der Waals surface area contributed by atoms with Crippen LogP contribution in [-0.2, 0) is 14.6 Å². The molecule has 132 valence electrons. The van der Waals surface area contributed by atoms with Crippen LogP contribution in [0.15, 0.2) is 34.8 Å². The maximum atomic E-state index is 12.3. The Morgan fingerprint density at radius 1 is 1.20 bits per heavy atom. The van der Waals surface area contributed by atoms with Crippen LogP contribution in [0.2, 0.25) is 0 Å². The second-order valence-corrected chi connectivity index (χ2v) is 9.75. The topological polar surface area (TPSA) is 91.2 Å². The molecule has 0 atom stereocenters. The molecule has 0 aliphatic heterocycles. The molecule has 0 saturated carbocycles. The summed E-state index contributed by atoms with van der Waals surface area (Å²) in [6, 6.07) is 7.18. The van der Waals surface area contributed by atoms with Gasteiger partial charge in [0.25, 0.3) is 0 Å². The molecular formula is C16H17N3O4S2. The van der Waals surface area contributed by atoms with Gasteiger partial charge in [0.05, 0.1) is 5.52 Å². The molecule has 0 fully saturated rings. The summed E-state index contributed by atoms with van der Waals surface area (Å²) in [5.74, 6) is 0. The van der Waals surface area contributed by atoms with Gasteiger partial charge in [-0.25, -0.2) is 13.2 Å². The summed E-state index contributed by atoms with van der Waals surface area (Å²) in [7, 11) is -3.38. The lowest BCUT2D eigenvalue weighted by molar-refractivity contribution is 0.0544. The normalized spacial score (nSPS) is 12.5. The van der Waals surface area contributed by atoms with E-state index in [9.17, 15) is 13.2 Å². The van der Waals surface area contributed by atoms with Gasteiger partial charge in [-0.3, -0.25) is 4.57 Å². The summed E-state index contributed by atoms with van der Waals surface area (Å²) < 4.78 is 29.9. The molecular weight excluding hydrogens is 362 g/mol. The zero-order valence-electron chi connectivity index (χ0n) is 14.2. The van der Waals surface area contributed by atoms with E-state index in [2.05, 4.69) is 10.2 Å². The highest BCUT2D eigenvalue weighted by molar-refractivity contribution is 7.92. The van der Waals surface area contributed by atoms with Crippen molar-refractivity contribution in [1.82, 2.24) is 14.8 Å². The summed E-state index contributed by atoms with van der Waals surface area (Å²) >= 11 is 1.01. The Morgan fingerprint density at radius 2 is 1.92 bits per heavy atom. The number of aromatic nitrogens is 3. The monoisotopic (exact) mass is 379 g/mol. The van der Waals surface area contributed by atoms with Gasteiger partial charge < -0.3 is 4.74 Å². The quantitative estimate of drug-likeness (QED) is 0.678. The summed E-state index contributed by atoms with van der Waals surface area (Å²) in [6.45, 7) is 5.43. The van der Waals surface area contributed by atoms with Gasteiger partial charge in [-0.15, -0.1) is 10.2 Å². The number of hydrogen-bond donors (Lipinski definition) is 0. The smallest absolute Gasteiger partial charge is 0.418 e. The third kappa shape index (κ3) is 3.72. The van der Waals surface area contributed by atoms with Crippen molar-refractivity contribution in [3.05, 3.63) is 30.5 Å². The lowest BCUT2D eigenvalue weighted by atomic mass is 10.2. The van der Waals surface area contributed by atoms with Crippen LogP contribution in [0.1, 0.15) is 20.8 Å². The van der Waals surface area contributed by atoms with Gasteiger partial charge in [0.15, 0.2) is 0 Å².